The highest BCUT2D eigenvalue weighted by Gasteiger charge is 2.21. The molecule has 12 nitrogen and oxygen atoms in total. The Morgan fingerprint density at radius 2 is 1.77 bits per heavy atom. The maximum absolute atomic E-state index is 15.3. The van der Waals surface area contributed by atoms with Gasteiger partial charge in [-0.3, -0.25) is 14.3 Å². The van der Waals surface area contributed by atoms with Crippen molar-refractivity contribution in [3.63, 3.8) is 0 Å². The standard InChI is InChI=1S/C34H35ClFN7O5/c1-40-14-16-42(17-15-40)13-6-18-47-31-21-26-23(20-30(31)46-3)28(11-12-37-26)48-29-10-9-22(19-25(29)36)38-33(44)32-39-43(34(45)41(32)2)27-8-5-4-7-24(27)35/h4-5,7-12,19-21H,6,13-18H2,1-3H3,(H,38,44). The first-order chi connectivity index (χ1) is 23.2. The predicted octanol–water partition coefficient (Wildman–Crippen LogP) is 4.98. The maximum atomic E-state index is 15.3. The number of carbonyl (C=O) groups excluding carboxylic acids is 1. The summed E-state index contributed by atoms with van der Waals surface area (Å²) >= 11 is 6.21. The van der Waals surface area contributed by atoms with Crippen LogP contribution in [0.1, 0.15) is 17.0 Å². The predicted molar refractivity (Wildman–Crippen MR) is 181 cm³/mol. The summed E-state index contributed by atoms with van der Waals surface area (Å²) in [5.41, 5.74) is 0.492. The Bertz CT molecular complexity index is 2010. The largest absolute Gasteiger partial charge is 0.493 e. The maximum Gasteiger partial charge on any atom is 0.350 e. The summed E-state index contributed by atoms with van der Waals surface area (Å²) in [5, 5.41) is 7.63. The summed E-state index contributed by atoms with van der Waals surface area (Å²) in [6.07, 6.45) is 2.45. The second kappa shape index (κ2) is 14.4. The van der Waals surface area contributed by atoms with Gasteiger partial charge in [-0.25, -0.2) is 9.18 Å². The van der Waals surface area contributed by atoms with Gasteiger partial charge >= 0.3 is 5.69 Å². The molecule has 0 radical (unpaired) electrons. The summed E-state index contributed by atoms with van der Waals surface area (Å²) < 4.78 is 35.1. The molecule has 0 spiro atoms. The number of aromatic nitrogens is 4. The Hall–Kier alpha value is -4.98. The summed E-state index contributed by atoms with van der Waals surface area (Å²) in [4.78, 5) is 35.0. The number of piperazine rings is 1. The first-order valence-corrected chi connectivity index (χ1v) is 15.8. The van der Waals surface area contributed by atoms with Gasteiger partial charge < -0.3 is 29.3 Å². The molecule has 0 unspecified atom stereocenters. The van der Waals surface area contributed by atoms with Gasteiger partial charge in [0.05, 0.1) is 29.9 Å². The van der Waals surface area contributed by atoms with E-state index in [0.717, 1.165) is 54.5 Å². The van der Waals surface area contributed by atoms with Crippen LogP contribution in [0.15, 0.2) is 71.7 Å². The lowest BCUT2D eigenvalue weighted by Crippen LogP contribution is -2.44. The molecule has 3 aromatic carbocycles. The number of methoxy groups -OCH3 is 1. The van der Waals surface area contributed by atoms with Crippen LogP contribution in [0.2, 0.25) is 5.02 Å². The molecule has 1 fully saturated rings. The monoisotopic (exact) mass is 675 g/mol. The molecule has 1 aliphatic heterocycles. The molecule has 0 atom stereocenters. The Labute approximate surface area is 281 Å². The molecule has 0 aliphatic carbocycles. The van der Waals surface area contributed by atoms with E-state index in [1.807, 2.05) is 0 Å². The molecule has 5 aromatic rings. The van der Waals surface area contributed by atoms with Crippen molar-refractivity contribution in [1.29, 1.82) is 0 Å². The number of halogens is 2. The topological polar surface area (TPSA) is 116 Å². The summed E-state index contributed by atoms with van der Waals surface area (Å²) in [5.74, 6) is -0.261. The molecule has 1 N–H and O–H groups in total. The van der Waals surface area contributed by atoms with Crippen LogP contribution >= 0.6 is 11.6 Å². The third-order valence-corrected chi connectivity index (χ3v) is 8.45. The second-order valence-corrected chi connectivity index (χ2v) is 11.8. The molecule has 0 bridgehead atoms. The van der Waals surface area contributed by atoms with Crippen molar-refractivity contribution in [2.75, 3.05) is 58.8 Å². The number of nitrogens with zero attached hydrogens (tertiary/aromatic N) is 6. The van der Waals surface area contributed by atoms with Gasteiger partial charge in [0.15, 0.2) is 23.1 Å². The van der Waals surface area contributed by atoms with E-state index in [-0.39, 0.29) is 17.3 Å². The number of para-hydroxylation sites is 1. The van der Waals surface area contributed by atoms with Crippen molar-refractivity contribution >= 4 is 34.1 Å². The van der Waals surface area contributed by atoms with E-state index >= 15 is 4.39 Å². The molecular formula is C34H35ClFN7O5. The molecule has 1 aliphatic rings. The number of benzene rings is 3. The van der Waals surface area contributed by atoms with Gasteiger partial charge in [-0.2, -0.15) is 4.68 Å². The van der Waals surface area contributed by atoms with Crippen molar-refractivity contribution in [1.82, 2.24) is 29.1 Å². The van der Waals surface area contributed by atoms with Crippen molar-refractivity contribution in [3.8, 4) is 28.7 Å². The SMILES string of the molecule is COc1cc2c(Oc3ccc(NC(=O)c4nn(-c5ccccc5Cl)c(=O)n4C)cc3F)ccnc2cc1OCCCN1CCN(C)CC1. The number of hydrogen-bond acceptors (Lipinski definition) is 9. The molecule has 0 saturated carbocycles. The fraction of sp³-hybridized carbons (Fsp3) is 0.294. The van der Waals surface area contributed by atoms with Crippen LogP contribution in [0, 0.1) is 5.82 Å². The quantitative estimate of drug-likeness (QED) is 0.194. The van der Waals surface area contributed by atoms with Crippen molar-refractivity contribution < 1.29 is 23.4 Å². The van der Waals surface area contributed by atoms with E-state index in [9.17, 15) is 9.59 Å². The highest BCUT2D eigenvalue weighted by Crippen LogP contribution is 2.38. The summed E-state index contributed by atoms with van der Waals surface area (Å²) in [6.45, 7) is 5.74. The van der Waals surface area contributed by atoms with E-state index in [2.05, 4.69) is 32.2 Å². The lowest BCUT2D eigenvalue weighted by molar-refractivity contribution is 0.101. The Kier molecular flexibility index (Phi) is 9.90. The molecule has 250 valence electrons. The molecule has 14 heteroatoms. The lowest BCUT2D eigenvalue weighted by atomic mass is 10.1. The Morgan fingerprint density at radius 3 is 2.52 bits per heavy atom. The van der Waals surface area contributed by atoms with Gasteiger partial charge in [0.2, 0.25) is 5.82 Å². The zero-order chi connectivity index (χ0) is 33.8. The van der Waals surface area contributed by atoms with E-state index < -0.39 is 17.4 Å². The average Bonchev–Trinajstić information content (AvgIpc) is 3.38. The second-order valence-electron chi connectivity index (χ2n) is 11.4. The number of nitrogens with one attached hydrogen (secondary N) is 1. The molecule has 6 rings (SSSR count). The third-order valence-electron chi connectivity index (χ3n) is 8.13. The van der Waals surface area contributed by atoms with Crippen LogP contribution in [0.25, 0.3) is 16.6 Å². The average molecular weight is 676 g/mol. The van der Waals surface area contributed by atoms with Crippen LogP contribution in [0.5, 0.6) is 23.0 Å². The number of carbonyl (C=O) groups is 1. The smallest absolute Gasteiger partial charge is 0.350 e. The fourth-order valence-corrected chi connectivity index (χ4v) is 5.63. The summed E-state index contributed by atoms with van der Waals surface area (Å²) in [6, 6.07) is 15.8. The number of ether oxygens (including phenoxy) is 3. The number of likely N-dealkylation sites (N-methyl/N-ethyl adjacent to an activating group) is 1. The van der Waals surface area contributed by atoms with Crippen LogP contribution < -0.4 is 25.2 Å². The minimum atomic E-state index is -0.722. The number of rotatable bonds is 11. The fourth-order valence-electron chi connectivity index (χ4n) is 5.41. The lowest BCUT2D eigenvalue weighted by Gasteiger charge is -2.32. The Balaban J connectivity index is 1.14. The minimum absolute atomic E-state index is 0.0703. The number of amides is 1. The molecule has 48 heavy (non-hydrogen) atoms. The van der Waals surface area contributed by atoms with Gasteiger partial charge in [-0.05, 0) is 49.9 Å². The van der Waals surface area contributed by atoms with Crippen LogP contribution in [-0.2, 0) is 7.05 Å². The van der Waals surface area contributed by atoms with Crippen molar-refractivity contribution in [2.24, 2.45) is 7.05 Å². The number of hydrogen-bond donors (Lipinski definition) is 1. The highest BCUT2D eigenvalue weighted by atomic mass is 35.5. The molecular weight excluding hydrogens is 641 g/mol. The number of anilines is 1. The Morgan fingerprint density at radius 1 is 0.979 bits per heavy atom. The molecule has 2 aromatic heterocycles. The number of pyridine rings is 1. The molecule has 1 amide bonds. The van der Waals surface area contributed by atoms with Gasteiger partial charge in [0.1, 0.15) is 5.75 Å². The van der Waals surface area contributed by atoms with Crippen LogP contribution in [0.4, 0.5) is 10.1 Å². The van der Waals surface area contributed by atoms with Gasteiger partial charge in [-0.1, -0.05) is 23.7 Å². The zero-order valence-electron chi connectivity index (χ0n) is 26.8. The van der Waals surface area contributed by atoms with E-state index in [0.29, 0.717) is 45.5 Å². The number of fused-ring (bicyclic) bond motifs is 1. The van der Waals surface area contributed by atoms with Crippen LogP contribution in [-0.4, -0.2) is 88.5 Å². The van der Waals surface area contributed by atoms with Gasteiger partial charge in [0.25, 0.3) is 5.91 Å². The summed E-state index contributed by atoms with van der Waals surface area (Å²) in [7, 11) is 5.11. The first-order valence-electron chi connectivity index (χ1n) is 15.4. The normalized spacial score (nSPS) is 13.9. The van der Waals surface area contributed by atoms with Crippen LogP contribution in [0.3, 0.4) is 0 Å². The van der Waals surface area contributed by atoms with E-state index in [1.165, 1.54) is 19.2 Å². The van der Waals surface area contributed by atoms with E-state index in [1.54, 1.807) is 55.8 Å². The zero-order valence-corrected chi connectivity index (χ0v) is 27.5. The molecule has 1 saturated heterocycles. The van der Waals surface area contributed by atoms with E-state index in [4.69, 9.17) is 25.8 Å². The first kappa shape index (κ1) is 32.9. The highest BCUT2D eigenvalue weighted by molar-refractivity contribution is 6.32. The minimum Gasteiger partial charge on any atom is -0.493 e. The van der Waals surface area contributed by atoms with Crippen molar-refractivity contribution in [3.05, 3.63) is 94.0 Å². The van der Waals surface area contributed by atoms with Gasteiger partial charge in [-0.15, -0.1) is 5.10 Å². The van der Waals surface area contributed by atoms with Gasteiger partial charge in [0, 0.05) is 69.2 Å². The van der Waals surface area contributed by atoms with Crippen molar-refractivity contribution in [2.45, 2.75) is 6.42 Å². The third kappa shape index (κ3) is 7.13. The molecule has 3 heterocycles.